The molecular weight excluding hydrogens is 250 g/mol. The monoisotopic (exact) mass is 269 g/mol. The van der Waals surface area contributed by atoms with E-state index in [2.05, 4.69) is 16.3 Å². The Morgan fingerprint density at radius 3 is 2.60 bits per heavy atom. The first-order chi connectivity index (χ1) is 9.63. The fourth-order valence-corrected chi connectivity index (χ4v) is 2.28. The lowest BCUT2D eigenvalue weighted by Gasteiger charge is -2.35. The predicted octanol–water partition coefficient (Wildman–Crippen LogP) is 1.80. The maximum absolute atomic E-state index is 12.0. The average Bonchev–Trinajstić information content (AvgIpc) is 2.49. The fourth-order valence-electron chi connectivity index (χ4n) is 2.28. The van der Waals surface area contributed by atoms with Crippen LogP contribution >= 0.6 is 0 Å². The van der Waals surface area contributed by atoms with Crippen LogP contribution in [0.3, 0.4) is 0 Å². The summed E-state index contributed by atoms with van der Waals surface area (Å²) in [6.07, 6.45) is 4.60. The number of hydrogen-bond acceptors (Lipinski definition) is 3. The highest BCUT2D eigenvalue weighted by Crippen LogP contribution is 2.20. The van der Waals surface area contributed by atoms with E-state index in [0.29, 0.717) is 12.8 Å². The molecule has 1 aromatic carbocycles. The summed E-state index contributed by atoms with van der Waals surface area (Å²) in [6.45, 7) is 1.66. The molecule has 1 aliphatic rings. The number of likely N-dealkylation sites (tertiary alicyclic amines) is 1. The zero-order valence-corrected chi connectivity index (χ0v) is 11.7. The highest BCUT2D eigenvalue weighted by molar-refractivity contribution is 5.92. The van der Waals surface area contributed by atoms with E-state index < -0.39 is 5.54 Å². The SMILES string of the molecule is CN1CCC(C#N)(NC(=O)/C=C\c2ccccc2)CC1. The minimum absolute atomic E-state index is 0.208. The van der Waals surface area contributed by atoms with Crippen molar-refractivity contribution in [3.05, 3.63) is 42.0 Å². The second kappa shape index (κ2) is 6.36. The number of nitrogens with one attached hydrogen (secondary N) is 1. The number of carbonyl (C=O) groups is 1. The summed E-state index contributed by atoms with van der Waals surface area (Å²) in [5.41, 5.74) is 0.252. The molecule has 0 radical (unpaired) electrons. The molecule has 0 aromatic heterocycles. The number of benzene rings is 1. The van der Waals surface area contributed by atoms with Gasteiger partial charge in [0.1, 0.15) is 5.54 Å². The second-order valence-corrected chi connectivity index (χ2v) is 5.23. The zero-order valence-electron chi connectivity index (χ0n) is 11.7. The van der Waals surface area contributed by atoms with E-state index in [-0.39, 0.29) is 5.91 Å². The molecule has 0 saturated carbocycles. The third-order valence-corrected chi connectivity index (χ3v) is 3.64. The van der Waals surface area contributed by atoms with Crippen LogP contribution in [0.5, 0.6) is 0 Å². The Morgan fingerprint density at radius 2 is 2.00 bits per heavy atom. The van der Waals surface area contributed by atoms with Gasteiger partial charge in [-0.1, -0.05) is 30.3 Å². The molecule has 2 rings (SSSR count). The van der Waals surface area contributed by atoms with Crippen LogP contribution in [0, 0.1) is 11.3 Å². The molecule has 4 heteroatoms. The normalized spacial score (nSPS) is 18.6. The van der Waals surface area contributed by atoms with E-state index in [1.165, 1.54) is 6.08 Å². The second-order valence-electron chi connectivity index (χ2n) is 5.23. The average molecular weight is 269 g/mol. The van der Waals surface area contributed by atoms with Gasteiger partial charge in [-0.2, -0.15) is 5.26 Å². The first kappa shape index (κ1) is 14.3. The van der Waals surface area contributed by atoms with Crippen molar-refractivity contribution in [2.45, 2.75) is 18.4 Å². The summed E-state index contributed by atoms with van der Waals surface area (Å²) in [5.74, 6) is -0.208. The molecule has 1 aliphatic heterocycles. The molecule has 1 saturated heterocycles. The van der Waals surface area contributed by atoms with Crippen molar-refractivity contribution in [2.24, 2.45) is 0 Å². The Labute approximate surface area is 119 Å². The van der Waals surface area contributed by atoms with Crippen LogP contribution in [-0.4, -0.2) is 36.5 Å². The van der Waals surface area contributed by atoms with Crippen LogP contribution in [0.1, 0.15) is 18.4 Å². The minimum atomic E-state index is -0.718. The molecule has 1 heterocycles. The van der Waals surface area contributed by atoms with E-state index >= 15 is 0 Å². The molecule has 0 atom stereocenters. The highest BCUT2D eigenvalue weighted by Gasteiger charge is 2.34. The van der Waals surface area contributed by atoms with Gasteiger partial charge in [0.25, 0.3) is 0 Å². The molecule has 1 N–H and O–H groups in total. The molecule has 0 spiro atoms. The van der Waals surface area contributed by atoms with Gasteiger partial charge >= 0.3 is 0 Å². The van der Waals surface area contributed by atoms with Crippen LogP contribution in [0.15, 0.2) is 36.4 Å². The third kappa shape index (κ3) is 3.69. The maximum Gasteiger partial charge on any atom is 0.245 e. The van der Waals surface area contributed by atoms with Gasteiger partial charge in [-0.05, 0) is 31.5 Å². The number of nitrogens with zero attached hydrogens (tertiary/aromatic N) is 2. The van der Waals surface area contributed by atoms with Crippen molar-refractivity contribution in [1.82, 2.24) is 10.2 Å². The Hall–Kier alpha value is -2.12. The van der Waals surface area contributed by atoms with Crippen molar-refractivity contribution in [3.63, 3.8) is 0 Å². The number of carbonyl (C=O) groups excluding carboxylic acids is 1. The molecular formula is C16H19N3O. The summed E-state index contributed by atoms with van der Waals surface area (Å²) in [5, 5.41) is 12.2. The lowest BCUT2D eigenvalue weighted by atomic mass is 9.89. The Kier molecular flexibility index (Phi) is 4.54. The summed E-state index contributed by atoms with van der Waals surface area (Å²) in [7, 11) is 2.03. The largest absolute Gasteiger partial charge is 0.334 e. The molecule has 1 aromatic rings. The van der Waals surface area contributed by atoms with Crippen molar-refractivity contribution in [2.75, 3.05) is 20.1 Å². The molecule has 1 fully saturated rings. The van der Waals surface area contributed by atoms with Crippen LogP contribution in [0.25, 0.3) is 6.08 Å². The molecule has 0 bridgehead atoms. The van der Waals surface area contributed by atoms with E-state index in [9.17, 15) is 10.1 Å². The number of nitriles is 1. The van der Waals surface area contributed by atoms with Crippen LogP contribution < -0.4 is 5.32 Å². The molecule has 104 valence electrons. The maximum atomic E-state index is 12.0. The lowest BCUT2D eigenvalue weighted by Crippen LogP contribution is -2.53. The molecule has 0 unspecified atom stereocenters. The van der Waals surface area contributed by atoms with Gasteiger partial charge in [-0.25, -0.2) is 0 Å². The fraction of sp³-hybridized carbons (Fsp3) is 0.375. The van der Waals surface area contributed by atoms with E-state index in [1.54, 1.807) is 6.08 Å². The quantitative estimate of drug-likeness (QED) is 0.851. The van der Waals surface area contributed by atoms with Crippen molar-refractivity contribution in [3.8, 4) is 6.07 Å². The number of amides is 1. The Bertz CT molecular complexity index is 522. The summed E-state index contributed by atoms with van der Waals surface area (Å²) in [6, 6.07) is 11.9. The van der Waals surface area contributed by atoms with Crippen LogP contribution in [0.2, 0.25) is 0 Å². The van der Waals surface area contributed by atoms with Gasteiger partial charge in [0, 0.05) is 19.2 Å². The van der Waals surface area contributed by atoms with Gasteiger partial charge in [-0.3, -0.25) is 4.79 Å². The van der Waals surface area contributed by atoms with Crippen molar-refractivity contribution in [1.29, 1.82) is 5.26 Å². The van der Waals surface area contributed by atoms with Gasteiger partial charge in [0.15, 0.2) is 0 Å². The van der Waals surface area contributed by atoms with Crippen molar-refractivity contribution >= 4 is 12.0 Å². The predicted molar refractivity (Wildman–Crippen MR) is 78.7 cm³/mol. The van der Waals surface area contributed by atoms with Gasteiger partial charge in [0.2, 0.25) is 5.91 Å². The first-order valence-electron chi connectivity index (χ1n) is 6.79. The number of piperidine rings is 1. The molecule has 1 amide bonds. The molecule has 20 heavy (non-hydrogen) atoms. The minimum Gasteiger partial charge on any atom is -0.334 e. The summed E-state index contributed by atoms with van der Waals surface area (Å²) < 4.78 is 0. The van der Waals surface area contributed by atoms with Gasteiger partial charge in [0.05, 0.1) is 6.07 Å². The third-order valence-electron chi connectivity index (χ3n) is 3.64. The lowest BCUT2D eigenvalue weighted by molar-refractivity contribution is -0.118. The molecule has 0 aliphatic carbocycles. The van der Waals surface area contributed by atoms with Crippen LogP contribution in [-0.2, 0) is 4.79 Å². The first-order valence-corrected chi connectivity index (χ1v) is 6.79. The highest BCUT2D eigenvalue weighted by atomic mass is 16.1. The number of rotatable bonds is 3. The van der Waals surface area contributed by atoms with E-state index in [1.807, 2.05) is 37.4 Å². The van der Waals surface area contributed by atoms with Gasteiger partial charge in [-0.15, -0.1) is 0 Å². The topological polar surface area (TPSA) is 56.1 Å². The van der Waals surface area contributed by atoms with Crippen LogP contribution in [0.4, 0.5) is 0 Å². The smallest absolute Gasteiger partial charge is 0.245 e. The standard InChI is InChI=1S/C16H19N3O/c1-19-11-9-16(13-17,10-12-19)18-15(20)8-7-14-5-3-2-4-6-14/h2-8H,9-12H2,1H3,(H,18,20)/b8-7-. The van der Waals surface area contributed by atoms with Crippen molar-refractivity contribution < 1.29 is 4.79 Å². The summed E-state index contributed by atoms with van der Waals surface area (Å²) >= 11 is 0. The van der Waals surface area contributed by atoms with Gasteiger partial charge < -0.3 is 10.2 Å². The summed E-state index contributed by atoms with van der Waals surface area (Å²) in [4.78, 5) is 14.1. The molecule has 4 nitrogen and oxygen atoms in total. The zero-order chi connectivity index (χ0) is 14.4. The number of hydrogen-bond donors (Lipinski definition) is 1. The Balaban J connectivity index is 1.97. The Morgan fingerprint density at radius 1 is 1.35 bits per heavy atom. The van der Waals surface area contributed by atoms with E-state index in [4.69, 9.17) is 0 Å². The van der Waals surface area contributed by atoms with E-state index in [0.717, 1.165) is 18.7 Å².